The van der Waals surface area contributed by atoms with E-state index in [0.717, 1.165) is 0 Å². The maximum absolute atomic E-state index is 13.3. The molecule has 0 saturated heterocycles. The molecule has 0 unspecified atom stereocenters. The van der Waals surface area contributed by atoms with Crippen molar-refractivity contribution in [1.82, 2.24) is 0 Å². The zero-order valence-electron chi connectivity index (χ0n) is 7.00. The highest BCUT2D eigenvalue weighted by Crippen LogP contribution is 2.37. The van der Waals surface area contributed by atoms with Gasteiger partial charge in [-0.2, -0.15) is 0 Å². The number of halogens is 1. The minimum absolute atomic E-state index is 0.0995. The highest BCUT2D eigenvalue weighted by Gasteiger charge is 2.23. The van der Waals surface area contributed by atoms with E-state index in [-0.39, 0.29) is 17.1 Å². The number of hydrogen-bond donors (Lipinski definition) is 2. The Morgan fingerprint density at radius 2 is 1.83 bits per heavy atom. The molecule has 0 saturated carbocycles. The lowest BCUT2D eigenvalue weighted by atomic mass is 9.99. The number of aromatic hydroxyl groups is 2. The molecule has 0 atom stereocenters. The van der Waals surface area contributed by atoms with Crippen LogP contribution in [0.3, 0.4) is 0 Å². The third-order valence-electron chi connectivity index (χ3n) is 1.66. The standard InChI is InChI=1S/C9H11FO2/c1-9(2,10)6-4-3-5-7(11)8(6)12/h3-5,11-12H,1-2H3. The molecule has 0 aliphatic heterocycles. The molecule has 3 heteroatoms. The molecule has 0 amide bonds. The summed E-state index contributed by atoms with van der Waals surface area (Å²) in [5.41, 5.74) is -1.54. The van der Waals surface area contributed by atoms with Crippen LogP contribution in [0.2, 0.25) is 0 Å². The Hall–Kier alpha value is -1.25. The predicted octanol–water partition coefficient (Wildman–Crippen LogP) is 2.30. The number of alkyl halides is 1. The first-order valence-electron chi connectivity index (χ1n) is 3.63. The zero-order valence-corrected chi connectivity index (χ0v) is 7.00. The van der Waals surface area contributed by atoms with Crippen molar-refractivity contribution in [3.05, 3.63) is 23.8 Å². The quantitative estimate of drug-likeness (QED) is 0.635. The van der Waals surface area contributed by atoms with E-state index in [0.29, 0.717) is 0 Å². The van der Waals surface area contributed by atoms with Crippen LogP contribution in [-0.2, 0) is 5.67 Å². The summed E-state index contributed by atoms with van der Waals surface area (Å²) in [7, 11) is 0. The molecule has 66 valence electrons. The van der Waals surface area contributed by atoms with Gasteiger partial charge >= 0.3 is 0 Å². The van der Waals surface area contributed by atoms with E-state index in [1.54, 1.807) is 0 Å². The average molecular weight is 170 g/mol. The first-order valence-corrected chi connectivity index (χ1v) is 3.63. The second-order valence-corrected chi connectivity index (χ2v) is 3.15. The van der Waals surface area contributed by atoms with Gasteiger partial charge in [0.05, 0.1) is 0 Å². The minimum atomic E-state index is -1.64. The van der Waals surface area contributed by atoms with Crippen molar-refractivity contribution in [2.24, 2.45) is 0 Å². The Morgan fingerprint density at radius 3 is 2.25 bits per heavy atom. The van der Waals surface area contributed by atoms with Gasteiger partial charge in [-0.1, -0.05) is 12.1 Å². The fraction of sp³-hybridized carbons (Fsp3) is 0.333. The highest BCUT2D eigenvalue weighted by atomic mass is 19.1. The predicted molar refractivity (Wildman–Crippen MR) is 43.9 cm³/mol. The van der Waals surface area contributed by atoms with E-state index in [4.69, 9.17) is 5.11 Å². The summed E-state index contributed by atoms with van der Waals surface area (Å²) in [6, 6.07) is 4.24. The maximum atomic E-state index is 13.3. The first-order chi connectivity index (χ1) is 5.43. The Kier molecular flexibility index (Phi) is 1.96. The van der Waals surface area contributed by atoms with Crippen molar-refractivity contribution in [3.8, 4) is 11.5 Å². The second kappa shape index (κ2) is 2.66. The van der Waals surface area contributed by atoms with E-state index in [1.165, 1.54) is 32.0 Å². The van der Waals surface area contributed by atoms with Crippen molar-refractivity contribution in [2.45, 2.75) is 19.5 Å². The molecule has 0 bridgehead atoms. The van der Waals surface area contributed by atoms with Gasteiger partial charge in [0.25, 0.3) is 0 Å². The second-order valence-electron chi connectivity index (χ2n) is 3.15. The third-order valence-corrected chi connectivity index (χ3v) is 1.66. The van der Waals surface area contributed by atoms with E-state index in [2.05, 4.69) is 0 Å². The Balaban J connectivity index is 3.26. The van der Waals surface area contributed by atoms with Crippen LogP contribution >= 0.6 is 0 Å². The van der Waals surface area contributed by atoms with Gasteiger partial charge in [-0.3, -0.25) is 0 Å². The van der Waals surface area contributed by atoms with Gasteiger partial charge in [0.2, 0.25) is 0 Å². The van der Waals surface area contributed by atoms with Gasteiger partial charge in [-0.05, 0) is 19.9 Å². The number of benzene rings is 1. The number of phenolic OH excluding ortho intramolecular Hbond substituents is 2. The molecule has 12 heavy (non-hydrogen) atoms. The molecule has 1 aromatic rings. The fourth-order valence-electron chi connectivity index (χ4n) is 1.01. The zero-order chi connectivity index (χ0) is 9.35. The molecule has 0 spiro atoms. The van der Waals surface area contributed by atoms with Gasteiger partial charge in [0, 0.05) is 5.56 Å². The fourth-order valence-corrected chi connectivity index (χ4v) is 1.01. The van der Waals surface area contributed by atoms with Crippen molar-refractivity contribution < 1.29 is 14.6 Å². The summed E-state index contributed by atoms with van der Waals surface area (Å²) < 4.78 is 13.3. The van der Waals surface area contributed by atoms with Gasteiger partial charge in [-0.15, -0.1) is 0 Å². The summed E-state index contributed by atoms with van der Waals surface area (Å²) in [5.74, 6) is -0.678. The summed E-state index contributed by atoms with van der Waals surface area (Å²) >= 11 is 0. The number of rotatable bonds is 1. The van der Waals surface area contributed by atoms with Crippen molar-refractivity contribution in [2.75, 3.05) is 0 Å². The van der Waals surface area contributed by atoms with Gasteiger partial charge in [-0.25, -0.2) is 4.39 Å². The average Bonchev–Trinajstić information content (AvgIpc) is 1.92. The summed E-state index contributed by atoms with van der Waals surface area (Å²) in [5, 5.41) is 18.3. The van der Waals surface area contributed by atoms with Crippen LogP contribution in [0.4, 0.5) is 4.39 Å². The van der Waals surface area contributed by atoms with Crippen LogP contribution < -0.4 is 0 Å². The summed E-state index contributed by atoms with van der Waals surface area (Å²) in [4.78, 5) is 0. The van der Waals surface area contributed by atoms with Crippen molar-refractivity contribution in [1.29, 1.82) is 0 Å². The first kappa shape index (κ1) is 8.84. The number of phenols is 2. The maximum Gasteiger partial charge on any atom is 0.163 e. The molecule has 0 aromatic heterocycles. The van der Waals surface area contributed by atoms with Crippen LogP contribution in [0.25, 0.3) is 0 Å². The molecule has 2 nitrogen and oxygen atoms in total. The lowest BCUT2D eigenvalue weighted by Gasteiger charge is -2.16. The molecular weight excluding hydrogens is 159 g/mol. The van der Waals surface area contributed by atoms with E-state index in [9.17, 15) is 9.50 Å². The molecule has 2 N–H and O–H groups in total. The smallest absolute Gasteiger partial charge is 0.163 e. The Morgan fingerprint density at radius 1 is 1.25 bits per heavy atom. The van der Waals surface area contributed by atoms with Crippen LogP contribution in [-0.4, -0.2) is 10.2 Å². The molecule has 0 radical (unpaired) electrons. The van der Waals surface area contributed by atoms with E-state index >= 15 is 0 Å². The molecule has 0 heterocycles. The van der Waals surface area contributed by atoms with Crippen LogP contribution in [0.1, 0.15) is 19.4 Å². The SMILES string of the molecule is CC(C)(F)c1cccc(O)c1O. The molecule has 0 aliphatic rings. The number of hydrogen-bond acceptors (Lipinski definition) is 2. The monoisotopic (exact) mass is 170 g/mol. The van der Waals surface area contributed by atoms with Gasteiger partial charge in [0.15, 0.2) is 11.5 Å². The summed E-state index contributed by atoms with van der Waals surface area (Å²) in [6.07, 6.45) is 0. The Bertz CT molecular complexity index is 289. The van der Waals surface area contributed by atoms with E-state index < -0.39 is 5.67 Å². The number of para-hydroxylation sites is 1. The largest absolute Gasteiger partial charge is 0.504 e. The lowest BCUT2D eigenvalue weighted by molar-refractivity contribution is 0.213. The minimum Gasteiger partial charge on any atom is -0.504 e. The third kappa shape index (κ3) is 1.49. The van der Waals surface area contributed by atoms with Gasteiger partial charge in [0.1, 0.15) is 5.67 Å². The van der Waals surface area contributed by atoms with Crippen molar-refractivity contribution in [3.63, 3.8) is 0 Å². The topological polar surface area (TPSA) is 40.5 Å². The molecule has 1 aromatic carbocycles. The van der Waals surface area contributed by atoms with Crippen LogP contribution in [0.15, 0.2) is 18.2 Å². The highest BCUT2D eigenvalue weighted by molar-refractivity contribution is 5.46. The normalized spacial score (nSPS) is 11.6. The molecular formula is C9H11FO2. The summed E-state index contributed by atoms with van der Waals surface area (Å²) in [6.45, 7) is 2.64. The Labute approximate surface area is 70.3 Å². The molecule has 0 fully saturated rings. The van der Waals surface area contributed by atoms with Gasteiger partial charge < -0.3 is 10.2 Å². The van der Waals surface area contributed by atoms with Crippen LogP contribution in [0, 0.1) is 0 Å². The lowest BCUT2D eigenvalue weighted by Crippen LogP contribution is -2.08. The molecule has 1 rings (SSSR count). The van der Waals surface area contributed by atoms with Crippen molar-refractivity contribution >= 4 is 0 Å². The van der Waals surface area contributed by atoms with E-state index in [1.807, 2.05) is 0 Å². The van der Waals surface area contributed by atoms with Crippen LogP contribution in [0.5, 0.6) is 11.5 Å². The molecule has 0 aliphatic carbocycles.